The summed E-state index contributed by atoms with van der Waals surface area (Å²) in [5.74, 6) is -1.14. The first-order valence-corrected chi connectivity index (χ1v) is 5.89. The molecule has 1 aromatic heterocycles. The number of nitrogens with two attached hydrogens (primary N) is 1. The van der Waals surface area contributed by atoms with Crippen LogP contribution in [0.2, 0.25) is 0 Å². The number of nitrogens with zero attached hydrogens (tertiary/aromatic N) is 1. The number of ketones is 1. The lowest BCUT2D eigenvalue weighted by atomic mass is 10.1. The molecule has 0 fully saturated rings. The third-order valence-electron chi connectivity index (χ3n) is 2.92. The number of nitrogens with one attached hydrogen (secondary N) is 1. The largest absolute Gasteiger partial charge is 0.398 e. The van der Waals surface area contributed by atoms with Crippen LogP contribution in [0.3, 0.4) is 0 Å². The molecule has 1 heterocycles. The van der Waals surface area contributed by atoms with Crippen LogP contribution >= 0.6 is 0 Å². The van der Waals surface area contributed by atoms with Gasteiger partial charge < -0.3 is 10.7 Å². The number of aryl methyl sites for hydroxylation is 1. The number of aromatic nitrogens is 2. The molecule has 0 saturated heterocycles. The Hall–Kier alpha value is -2.70. The fourth-order valence-corrected chi connectivity index (χ4v) is 1.92. The molecule has 0 aliphatic carbocycles. The highest BCUT2D eigenvalue weighted by Crippen LogP contribution is 2.18. The van der Waals surface area contributed by atoms with Crippen molar-refractivity contribution in [1.82, 2.24) is 9.55 Å². The van der Waals surface area contributed by atoms with Gasteiger partial charge in [-0.2, -0.15) is 0 Å². The fourth-order valence-electron chi connectivity index (χ4n) is 1.92. The van der Waals surface area contributed by atoms with Crippen molar-refractivity contribution in [2.24, 2.45) is 0 Å². The maximum atomic E-state index is 12.0. The second kappa shape index (κ2) is 4.76. The van der Waals surface area contributed by atoms with Crippen molar-refractivity contribution >= 4 is 28.4 Å². The van der Waals surface area contributed by atoms with E-state index in [1.165, 1.54) is 13.0 Å². The lowest BCUT2D eigenvalue weighted by molar-refractivity contribution is -0.116. The van der Waals surface area contributed by atoms with E-state index in [2.05, 4.69) is 4.98 Å². The van der Waals surface area contributed by atoms with E-state index in [-0.39, 0.29) is 5.52 Å². The lowest BCUT2D eigenvalue weighted by Crippen LogP contribution is -2.40. The number of aromatic amines is 1. The van der Waals surface area contributed by atoms with Crippen LogP contribution in [0, 0.1) is 6.92 Å². The molecule has 2 rings (SSSR count). The molecular weight excluding hydrogens is 262 g/mol. The Labute approximate surface area is 113 Å². The average Bonchev–Trinajstić information content (AvgIpc) is 2.32. The molecule has 7 heteroatoms. The van der Waals surface area contributed by atoms with Gasteiger partial charge >= 0.3 is 11.1 Å². The van der Waals surface area contributed by atoms with Crippen LogP contribution in [-0.4, -0.2) is 21.2 Å². The molecule has 0 amide bonds. The smallest absolute Gasteiger partial charge is 0.323 e. The maximum absolute atomic E-state index is 12.0. The summed E-state index contributed by atoms with van der Waals surface area (Å²) >= 11 is 0. The van der Waals surface area contributed by atoms with Gasteiger partial charge in [-0.1, -0.05) is 0 Å². The van der Waals surface area contributed by atoms with Crippen molar-refractivity contribution in [2.45, 2.75) is 20.3 Å². The van der Waals surface area contributed by atoms with E-state index in [0.717, 1.165) is 0 Å². The predicted molar refractivity (Wildman–Crippen MR) is 73.9 cm³/mol. The molecule has 20 heavy (non-hydrogen) atoms. The summed E-state index contributed by atoms with van der Waals surface area (Å²) in [4.78, 5) is 48.8. The van der Waals surface area contributed by atoms with Gasteiger partial charge in [0.2, 0.25) is 5.91 Å². The zero-order valence-corrected chi connectivity index (χ0v) is 11.0. The van der Waals surface area contributed by atoms with E-state index in [1.807, 2.05) is 0 Å². The number of benzene rings is 1. The molecule has 1 aromatic carbocycles. The average molecular weight is 275 g/mol. The number of anilines is 1. The highest BCUT2D eigenvalue weighted by molar-refractivity contribution is 6.01. The van der Waals surface area contributed by atoms with Crippen molar-refractivity contribution < 1.29 is 9.59 Å². The fraction of sp³-hybridized carbons (Fsp3) is 0.231. The summed E-state index contributed by atoms with van der Waals surface area (Å²) in [6, 6.07) is 3.00. The first-order chi connectivity index (χ1) is 9.31. The van der Waals surface area contributed by atoms with E-state index in [0.29, 0.717) is 21.3 Å². The number of nitrogen functional groups attached to an aromatic ring is 1. The van der Waals surface area contributed by atoms with Crippen molar-refractivity contribution in [3.63, 3.8) is 0 Å². The molecule has 0 aliphatic heterocycles. The molecule has 0 saturated carbocycles. The molecule has 0 radical (unpaired) electrons. The summed E-state index contributed by atoms with van der Waals surface area (Å²) in [6.45, 7) is 2.97. The highest BCUT2D eigenvalue weighted by atomic mass is 16.2. The first-order valence-electron chi connectivity index (χ1n) is 5.89. The molecule has 2 aromatic rings. The van der Waals surface area contributed by atoms with E-state index in [9.17, 15) is 19.2 Å². The highest BCUT2D eigenvalue weighted by Gasteiger charge is 2.16. The molecule has 3 N–H and O–H groups in total. The number of H-pyrrole nitrogens is 1. The van der Waals surface area contributed by atoms with Crippen molar-refractivity contribution in [1.29, 1.82) is 0 Å². The third kappa shape index (κ3) is 2.25. The van der Waals surface area contributed by atoms with Gasteiger partial charge in [0, 0.05) is 5.69 Å². The lowest BCUT2D eigenvalue weighted by Gasteiger charge is -2.09. The van der Waals surface area contributed by atoms with Crippen LogP contribution < -0.4 is 16.9 Å². The summed E-state index contributed by atoms with van der Waals surface area (Å²) in [5, 5.41) is 0. The Morgan fingerprint density at radius 1 is 1.30 bits per heavy atom. The van der Waals surface area contributed by atoms with Crippen molar-refractivity contribution in [2.75, 3.05) is 5.73 Å². The molecule has 0 unspecified atom stereocenters. The minimum absolute atomic E-state index is 0.184. The Morgan fingerprint density at radius 2 is 1.95 bits per heavy atom. The van der Waals surface area contributed by atoms with Gasteiger partial charge in [0.15, 0.2) is 0 Å². The maximum Gasteiger partial charge on any atom is 0.323 e. The summed E-state index contributed by atoms with van der Waals surface area (Å²) in [5.41, 5.74) is 5.41. The molecular formula is C13H13N3O4. The summed E-state index contributed by atoms with van der Waals surface area (Å²) < 4.78 is 0.700. The Morgan fingerprint density at radius 3 is 2.55 bits per heavy atom. The van der Waals surface area contributed by atoms with Crippen LogP contribution in [0.15, 0.2) is 21.7 Å². The van der Waals surface area contributed by atoms with Crippen LogP contribution in [-0.2, 0) is 4.79 Å². The van der Waals surface area contributed by atoms with Crippen LogP contribution in [0.25, 0.3) is 11.0 Å². The van der Waals surface area contributed by atoms with Gasteiger partial charge in [0.1, 0.15) is 5.78 Å². The van der Waals surface area contributed by atoms with E-state index >= 15 is 0 Å². The van der Waals surface area contributed by atoms with Crippen LogP contribution in [0.1, 0.15) is 23.7 Å². The molecule has 0 atom stereocenters. The summed E-state index contributed by atoms with van der Waals surface area (Å²) in [6.07, 6.45) is -0.452. The van der Waals surface area contributed by atoms with Crippen LogP contribution in [0.5, 0.6) is 0 Å². The topological polar surface area (TPSA) is 115 Å². The number of rotatable bonds is 2. The zero-order valence-electron chi connectivity index (χ0n) is 11.0. The monoisotopic (exact) mass is 275 g/mol. The standard InChI is InChI=1S/C13H13N3O4/c1-6-3-9-10(5-8(6)14)16(11(18)4-7(2)17)13(20)12(19)15-9/h3,5H,4,14H2,1-2H3,(H,15,19). The zero-order chi connectivity index (χ0) is 15.0. The molecule has 0 spiro atoms. The van der Waals surface area contributed by atoms with Gasteiger partial charge in [0.25, 0.3) is 0 Å². The van der Waals surface area contributed by atoms with E-state index in [4.69, 9.17) is 5.73 Å². The number of carbonyl (C=O) groups excluding carboxylic acids is 2. The molecule has 104 valence electrons. The van der Waals surface area contributed by atoms with Gasteiger partial charge in [-0.3, -0.25) is 19.2 Å². The Bertz CT molecular complexity index is 845. The normalized spacial score (nSPS) is 10.7. The van der Waals surface area contributed by atoms with Crippen molar-refractivity contribution in [3.05, 3.63) is 38.4 Å². The quantitative estimate of drug-likeness (QED) is 0.461. The number of hydrogen-bond donors (Lipinski definition) is 2. The number of Topliss-reactive ketones (excluding diaryl/α,β-unsaturated/α-hetero) is 1. The number of carbonyl (C=O) groups is 2. The minimum Gasteiger partial charge on any atom is -0.398 e. The van der Waals surface area contributed by atoms with Gasteiger partial charge in [-0.15, -0.1) is 0 Å². The molecule has 7 nitrogen and oxygen atoms in total. The van der Waals surface area contributed by atoms with Crippen molar-refractivity contribution in [3.8, 4) is 0 Å². The third-order valence-corrected chi connectivity index (χ3v) is 2.92. The van der Waals surface area contributed by atoms with Gasteiger partial charge in [-0.25, -0.2) is 4.57 Å². The Balaban J connectivity index is 2.87. The number of hydrogen-bond acceptors (Lipinski definition) is 5. The molecule has 0 bridgehead atoms. The summed E-state index contributed by atoms with van der Waals surface area (Å²) in [7, 11) is 0. The van der Waals surface area contributed by atoms with Gasteiger partial charge in [-0.05, 0) is 31.5 Å². The second-order valence-electron chi connectivity index (χ2n) is 4.59. The Kier molecular flexibility index (Phi) is 3.27. The second-order valence-corrected chi connectivity index (χ2v) is 4.59. The SMILES string of the molecule is CC(=O)CC(=O)n1c(=O)c(=O)[nH]c2cc(C)c(N)cc21. The van der Waals surface area contributed by atoms with Crippen LogP contribution in [0.4, 0.5) is 5.69 Å². The van der Waals surface area contributed by atoms with E-state index < -0.39 is 29.2 Å². The van der Waals surface area contributed by atoms with Gasteiger partial charge in [0.05, 0.1) is 17.5 Å². The minimum atomic E-state index is -1.02. The first kappa shape index (κ1) is 13.7. The molecule has 0 aliphatic rings. The predicted octanol–water partition coefficient (Wildman–Crippen LogP) is 0.200. The van der Waals surface area contributed by atoms with E-state index in [1.54, 1.807) is 13.0 Å². The number of fused-ring (bicyclic) bond motifs is 1.